The van der Waals surface area contributed by atoms with E-state index >= 15 is 0 Å². The molecule has 0 aliphatic carbocycles. The summed E-state index contributed by atoms with van der Waals surface area (Å²) < 4.78 is 13.2. The molecule has 0 heterocycles. The lowest BCUT2D eigenvalue weighted by molar-refractivity contribution is 0.0691. The number of rotatable bonds is 7. The normalized spacial score (nSPS) is 10.9. The molecule has 1 aromatic carbocycles. The Balaban J connectivity index is 2.77. The van der Waals surface area contributed by atoms with Crippen LogP contribution in [0.1, 0.15) is 42.6 Å². The minimum absolute atomic E-state index is 0.251. The molecule has 18 heavy (non-hydrogen) atoms. The summed E-state index contributed by atoms with van der Waals surface area (Å²) in [6.07, 6.45) is 2.24. The zero-order valence-electron chi connectivity index (χ0n) is 10.9. The highest BCUT2D eigenvalue weighted by Crippen LogP contribution is 2.13. The number of halogens is 1. The molecule has 0 spiro atoms. The number of nitrogens with zero attached hydrogens (tertiary/aromatic N) is 1. The Morgan fingerprint density at radius 3 is 2.67 bits per heavy atom. The van der Waals surface area contributed by atoms with E-state index in [4.69, 9.17) is 5.11 Å². The molecule has 0 atom stereocenters. The van der Waals surface area contributed by atoms with E-state index in [0.717, 1.165) is 31.5 Å². The molecule has 0 saturated heterocycles. The standard InChI is InChI=1S/C14H20FNO2/c1-3-5-8-16(4-2)10-11-6-7-13(15)12(9-11)14(17)18/h6-7,9H,3-5,8,10H2,1-2H3,(H,17,18). The molecule has 0 aliphatic rings. The van der Waals surface area contributed by atoms with Crippen LogP contribution in [-0.4, -0.2) is 29.1 Å². The predicted octanol–water partition coefficient (Wildman–Crippen LogP) is 3.15. The summed E-state index contributed by atoms with van der Waals surface area (Å²) in [5.41, 5.74) is 0.589. The van der Waals surface area contributed by atoms with Gasteiger partial charge in [-0.3, -0.25) is 4.90 Å². The summed E-state index contributed by atoms with van der Waals surface area (Å²) >= 11 is 0. The van der Waals surface area contributed by atoms with Crippen molar-refractivity contribution in [2.24, 2.45) is 0 Å². The predicted molar refractivity (Wildman–Crippen MR) is 69.2 cm³/mol. The molecule has 4 heteroatoms. The highest BCUT2D eigenvalue weighted by atomic mass is 19.1. The molecular weight excluding hydrogens is 233 g/mol. The van der Waals surface area contributed by atoms with Gasteiger partial charge in [0, 0.05) is 6.54 Å². The minimum atomic E-state index is -1.22. The molecular formula is C14H20FNO2. The van der Waals surface area contributed by atoms with Crippen LogP contribution in [0.2, 0.25) is 0 Å². The maximum atomic E-state index is 13.2. The van der Waals surface area contributed by atoms with Crippen molar-refractivity contribution in [3.63, 3.8) is 0 Å². The molecule has 1 rings (SSSR count). The first kappa shape index (κ1) is 14.6. The molecule has 1 N–H and O–H groups in total. The summed E-state index contributed by atoms with van der Waals surface area (Å²) in [5.74, 6) is -1.89. The first-order valence-electron chi connectivity index (χ1n) is 6.32. The Bertz CT molecular complexity index is 407. The molecule has 0 fully saturated rings. The van der Waals surface area contributed by atoms with Crippen LogP contribution in [0.5, 0.6) is 0 Å². The monoisotopic (exact) mass is 253 g/mol. The van der Waals surface area contributed by atoms with Crippen LogP contribution in [0.4, 0.5) is 4.39 Å². The summed E-state index contributed by atoms with van der Waals surface area (Å²) in [7, 11) is 0. The Morgan fingerprint density at radius 1 is 1.39 bits per heavy atom. The van der Waals surface area contributed by atoms with Crippen LogP contribution < -0.4 is 0 Å². The Labute approximate surface area is 107 Å². The smallest absolute Gasteiger partial charge is 0.338 e. The maximum Gasteiger partial charge on any atom is 0.338 e. The molecule has 0 amide bonds. The van der Waals surface area contributed by atoms with E-state index in [0.29, 0.717) is 6.54 Å². The number of carboxylic acid groups (broad SMARTS) is 1. The van der Waals surface area contributed by atoms with E-state index in [1.807, 2.05) is 0 Å². The molecule has 0 aromatic heterocycles. The molecule has 0 radical (unpaired) electrons. The van der Waals surface area contributed by atoms with Crippen LogP contribution in [-0.2, 0) is 6.54 Å². The van der Waals surface area contributed by atoms with Crippen molar-refractivity contribution in [3.05, 3.63) is 35.1 Å². The first-order valence-corrected chi connectivity index (χ1v) is 6.32. The van der Waals surface area contributed by atoms with Crippen molar-refractivity contribution in [3.8, 4) is 0 Å². The summed E-state index contributed by atoms with van der Waals surface area (Å²) in [6.45, 7) is 6.75. The second kappa shape index (κ2) is 7.11. The van der Waals surface area contributed by atoms with Gasteiger partial charge >= 0.3 is 5.97 Å². The van der Waals surface area contributed by atoms with Gasteiger partial charge in [0.1, 0.15) is 5.82 Å². The van der Waals surface area contributed by atoms with E-state index in [-0.39, 0.29) is 5.56 Å². The Morgan fingerprint density at radius 2 is 2.11 bits per heavy atom. The van der Waals surface area contributed by atoms with Gasteiger partial charge in [-0.25, -0.2) is 9.18 Å². The van der Waals surface area contributed by atoms with Crippen molar-refractivity contribution < 1.29 is 14.3 Å². The van der Waals surface area contributed by atoms with Gasteiger partial charge in [-0.15, -0.1) is 0 Å². The number of unbranched alkanes of at least 4 members (excludes halogenated alkanes) is 1. The minimum Gasteiger partial charge on any atom is -0.478 e. The fourth-order valence-corrected chi connectivity index (χ4v) is 1.82. The van der Waals surface area contributed by atoms with Gasteiger partial charge < -0.3 is 5.11 Å². The summed E-state index contributed by atoms with van der Waals surface area (Å²) in [6, 6.07) is 4.30. The number of carbonyl (C=O) groups is 1. The molecule has 0 unspecified atom stereocenters. The van der Waals surface area contributed by atoms with E-state index in [9.17, 15) is 9.18 Å². The number of aromatic carboxylic acids is 1. The van der Waals surface area contributed by atoms with Crippen LogP contribution in [0.3, 0.4) is 0 Å². The molecule has 0 bridgehead atoms. The molecule has 0 saturated carbocycles. The average Bonchev–Trinajstić information content (AvgIpc) is 2.36. The van der Waals surface area contributed by atoms with Crippen molar-refractivity contribution in [1.82, 2.24) is 4.90 Å². The number of hydrogen-bond donors (Lipinski definition) is 1. The van der Waals surface area contributed by atoms with Gasteiger partial charge in [0.15, 0.2) is 0 Å². The van der Waals surface area contributed by atoms with Gasteiger partial charge in [-0.1, -0.05) is 26.3 Å². The van der Waals surface area contributed by atoms with Crippen molar-refractivity contribution in [2.45, 2.75) is 33.2 Å². The highest BCUT2D eigenvalue weighted by Gasteiger charge is 2.12. The van der Waals surface area contributed by atoms with E-state index in [2.05, 4.69) is 18.7 Å². The second-order valence-corrected chi connectivity index (χ2v) is 4.34. The van der Waals surface area contributed by atoms with Crippen LogP contribution in [0, 0.1) is 5.82 Å². The van der Waals surface area contributed by atoms with E-state index < -0.39 is 11.8 Å². The van der Waals surface area contributed by atoms with Crippen LogP contribution >= 0.6 is 0 Å². The average molecular weight is 253 g/mol. The Hall–Kier alpha value is -1.42. The van der Waals surface area contributed by atoms with Gasteiger partial charge in [0.25, 0.3) is 0 Å². The molecule has 100 valence electrons. The lowest BCUT2D eigenvalue weighted by Crippen LogP contribution is -2.24. The second-order valence-electron chi connectivity index (χ2n) is 4.34. The van der Waals surface area contributed by atoms with Crippen molar-refractivity contribution >= 4 is 5.97 Å². The van der Waals surface area contributed by atoms with Crippen LogP contribution in [0.15, 0.2) is 18.2 Å². The zero-order valence-corrected chi connectivity index (χ0v) is 10.9. The van der Waals surface area contributed by atoms with Gasteiger partial charge in [-0.2, -0.15) is 0 Å². The first-order chi connectivity index (χ1) is 8.58. The number of hydrogen-bond acceptors (Lipinski definition) is 2. The lowest BCUT2D eigenvalue weighted by atomic mass is 10.1. The Kier molecular flexibility index (Phi) is 5.78. The number of benzene rings is 1. The third-order valence-corrected chi connectivity index (χ3v) is 2.94. The SMILES string of the molecule is CCCCN(CC)Cc1ccc(F)c(C(=O)O)c1. The van der Waals surface area contributed by atoms with E-state index in [1.165, 1.54) is 12.1 Å². The van der Waals surface area contributed by atoms with Gasteiger partial charge in [0.2, 0.25) is 0 Å². The highest BCUT2D eigenvalue weighted by molar-refractivity contribution is 5.88. The van der Waals surface area contributed by atoms with Gasteiger partial charge in [-0.05, 0) is 37.2 Å². The largest absolute Gasteiger partial charge is 0.478 e. The van der Waals surface area contributed by atoms with Crippen molar-refractivity contribution in [1.29, 1.82) is 0 Å². The summed E-state index contributed by atoms with van der Waals surface area (Å²) in [5, 5.41) is 8.87. The van der Waals surface area contributed by atoms with Crippen LogP contribution in [0.25, 0.3) is 0 Å². The molecule has 1 aromatic rings. The third-order valence-electron chi connectivity index (χ3n) is 2.94. The topological polar surface area (TPSA) is 40.5 Å². The lowest BCUT2D eigenvalue weighted by Gasteiger charge is -2.20. The quantitative estimate of drug-likeness (QED) is 0.811. The fraction of sp³-hybridized carbons (Fsp3) is 0.500. The van der Waals surface area contributed by atoms with Crippen molar-refractivity contribution in [2.75, 3.05) is 13.1 Å². The fourth-order valence-electron chi connectivity index (χ4n) is 1.82. The third kappa shape index (κ3) is 4.11. The van der Waals surface area contributed by atoms with E-state index in [1.54, 1.807) is 6.07 Å². The summed E-state index contributed by atoms with van der Waals surface area (Å²) in [4.78, 5) is 13.1. The molecule has 0 aliphatic heterocycles. The molecule has 3 nitrogen and oxygen atoms in total. The zero-order chi connectivity index (χ0) is 13.5. The maximum absolute atomic E-state index is 13.2. The number of carboxylic acids is 1. The van der Waals surface area contributed by atoms with Gasteiger partial charge in [0.05, 0.1) is 5.56 Å².